The summed E-state index contributed by atoms with van der Waals surface area (Å²) in [5.41, 5.74) is 5.61. The molecule has 0 aromatic carbocycles. The topological polar surface area (TPSA) is 75.4 Å². The zero-order chi connectivity index (χ0) is 14.2. The van der Waals surface area contributed by atoms with Crippen LogP contribution in [0.3, 0.4) is 0 Å². The maximum absolute atomic E-state index is 11.8. The van der Waals surface area contributed by atoms with E-state index in [1.54, 1.807) is 7.05 Å². The highest BCUT2D eigenvalue weighted by molar-refractivity contribution is 5.84. The number of likely N-dealkylation sites (N-methyl/N-ethyl adjacent to an activating group) is 2. The molecule has 0 bridgehead atoms. The number of amides is 2. The summed E-state index contributed by atoms with van der Waals surface area (Å²) in [7, 11) is 1.66. The summed E-state index contributed by atoms with van der Waals surface area (Å²) in [6.07, 6.45) is 2.16. The normalized spacial score (nSPS) is 11.2. The second kappa shape index (κ2) is 8.08. The molecule has 0 radical (unpaired) electrons. The summed E-state index contributed by atoms with van der Waals surface area (Å²) in [5.74, 6) is -0.110. The van der Waals surface area contributed by atoms with Crippen molar-refractivity contribution in [2.45, 2.75) is 40.0 Å². The molecular formula is C13H27N3O2. The fourth-order valence-corrected chi connectivity index (χ4v) is 1.71. The van der Waals surface area contributed by atoms with Crippen LogP contribution in [0, 0.1) is 5.41 Å². The van der Waals surface area contributed by atoms with E-state index in [2.05, 4.69) is 19.2 Å². The van der Waals surface area contributed by atoms with E-state index < -0.39 is 0 Å². The molecule has 0 aliphatic carbocycles. The van der Waals surface area contributed by atoms with Crippen molar-refractivity contribution >= 4 is 11.8 Å². The number of hydrogen-bond acceptors (Lipinski definition) is 3. The summed E-state index contributed by atoms with van der Waals surface area (Å²) >= 11 is 0. The van der Waals surface area contributed by atoms with Crippen LogP contribution in [0.1, 0.15) is 40.0 Å². The Hall–Kier alpha value is -1.10. The smallest absolute Gasteiger partial charge is 0.239 e. The maximum Gasteiger partial charge on any atom is 0.239 e. The first-order chi connectivity index (χ1) is 8.32. The van der Waals surface area contributed by atoms with Crippen LogP contribution in [-0.4, -0.2) is 43.4 Å². The lowest BCUT2D eigenvalue weighted by Gasteiger charge is -2.25. The van der Waals surface area contributed by atoms with Gasteiger partial charge in [-0.3, -0.25) is 9.59 Å². The summed E-state index contributed by atoms with van der Waals surface area (Å²) < 4.78 is 0. The second-order valence-electron chi connectivity index (χ2n) is 5.41. The third-order valence-corrected chi connectivity index (χ3v) is 3.02. The average molecular weight is 257 g/mol. The molecule has 0 atom stereocenters. The molecule has 0 heterocycles. The quantitative estimate of drug-likeness (QED) is 0.673. The van der Waals surface area contributed by atoms with E-state index in [0.717, 1.165) is 12.8 Å². The van der Waals surface area contributed by atoms with Crippen molar-refractivity contribution in [2.24, 2.45) is 11.1 Å². The number of nitrogens with two attached hydrogens (primary N) is 1. The SMILES string of the molecule is CCNC(=O)CN(C)C(=O)CCC(C)(C)CCN. The predicted octanol–water partition coefficient (Wildman–Crippen LogP) is 0.736. The van der Waals surface area contributed by atoms with Gasteiger partial charge in [-0.1, -0.05) is 13.8 Å². The van der Waals surface area contributed by atoms with Crippen LogP contribution in [0.2, 0.25) is 0 Å². The monoisotopic (exact) mass is 257 g/mol. The van der Waals surface area contributed by atoms with Gasteiger partial charge >= 0.3 is 0 Å². The Morgan fingerprint density at radius 2 is 1.89 bits per heavy atom. The van der Waals surface area contributed by atoms with Crippen molar-refractivity contribution in [2.75, 3.05) is 26.7 Å². The first-order valence-corrected chi connectivity index (χ1v) is 6.53. The van der Waals surface area contributed by atoms with Crippen LogP contribution in [-0.2, 0) is 9.59 Å². The minimum absolute atomic E-state index is 0.00588. The Morgan fingerprint density at radius 1 is 1.28 bits per heavy atom. The van der Waals surface area contributed by atoms with Crippen LogP contribution < -0.4 is 11.1 Å². The lowest BCUT2D eigenvalue weighted by Crippen LogP contribution is -2.38. The Labute approximate surface area is 110 Å². The summed E-state index contributed by atoms with van der Waals surface area (Å²) in [6, 6.07) is 0. The van der Waals surface area contributed by atoms with E-state index in [9.17, 15) is 9.59 Å². The zero-order valence-corrected chi connectivity index (χ0v) is 12.1. The molecule has 0 saturated carbocycles. The largest absolute Gasteiger partial charge is 0.355 e. The van der Waals surface area contributed by atoms with E-state index in [1.807, 2.05) is 6.92 Å². The molecule has 0 spiro atoms. The van der Waals surface area contributed by atoms with Crippen molar-refractivity contribution in [3.8, 4) is 0 Å². The van der Waals surface area contributed by atoms with Crippen LogP contribution >= 0.6 is 0 Å². The van der Waals surface area contributed by atoms with Crippen LogP contribution in [0.25, 0.3) is 0 Å². The molecule has 0 unspecified atom stereocenters. The van der Waals surface area contributed by atoms with Gasteiger partial charge in [-0.05, 0) is 31.7 Å². The highest BCUT2D eigenvalue weighted by Crippen LogP contribution is 2.26. The van der Waals surface area contributed by atoms with Gasteiger partial charge in [-0.15, -0.1) is 0 Å². The van der Waals surface area contributed by atoms with Gasteiger partial charge in [0.25, 0.3) is 0 Å². The molecule has 5 heteroatoms. The van der Waals surface area contributed by atoms with E-state index >= 15 is 0 Å². The number of nitrogens with zero attached hydrogens (tertiary/aromatic N) is 1. The second-order valence-corrected chi connectivity index (χ2v) is 5.41. The molecule has 18 heavy (non-hydrogen) atoms. The van der Waals surface area contributed by atoms with E-state index in [1.165, 1.54) is 4.90 Å². The highest BCUT2D eigenvalue weighted by Gasteiger charge is 2.20. The molecule has 2 amide bonds. The van der Waals surface area contributed by atoms with Gasteiger partial charge in [0.2, 0.25) is 11.8 Å². The Balaban J connectivity index is 4.05. The Morgan fingerprint density at radius 3 is 2.39 bits per heavy atom. The number of nitrogens with one attached hydrogen (secondary N) is 1. The number of carbonyl (C=O) groups is 2. The third-order valence-electron chi connectivity index (χ3n) is 3.02. The number of rotatable bonds is 8. The van der Waals surface area contributed by atoms with E-state index in [4.69, 9.17) is 5.73 Å². The predicted molar refractivity (Wildman–Crippen MR) is 73.0 cm³/mol. The van der Waals surface area contributed by atoms with Crippen molar-refractivity contribution in [1.82, 2.24) is 10.2 Å². The minimum Gasteiger partial charge on any atom is -0.355 e. The summed E-state index contributed by atoms with van der Waals surface area (Å²) in [4.78, 5) is 24.7. The molecule has 5 nitrogen and oxygen atoms in total. The van der Waals surface area contributed by atoms with Gasteiger partial charge in [0, 0.05) is 20.0 Å². The molecular weight excluding hydrogens is 230 g/mol. The molecule has 0 rings (SSSR count). The standard InChI is InChI=1S/C13H27N3O2/c1-5-15-11(17)10-16(4)12(18)6-7-13(2,3)8-9-14/h5-10,14H2,1-4H3,(H,15,17). The van der Waals surface area contributed by atoms with Crippen LogP contribution in [0.4, 0.5) is 0 Å². The number of hydrogen-bond donors (Lipinski definition) is 2. The van der Waals surface area contributed by atoms with Gasteiger partial charge in [0.1, 0.15) is 0 Å². The Kier molecular flexibility index (Phi) is 7.59. The van der Waals surface area contributed by atoms with Gasteiger partial charge in [0.15, 0.2) is 0 Å². The van der Waals surface area contributed by atoms with Crippen molar-refractivity contribution < 1.29 is 9.59 Å². The van der Waals surface area contributed by atoms with Gasteiger partial charge in [-0.2, -0.15) is 0 Å². The maximum atomic E-state index is 11.8. The van der Waals surface area contributed by atoms with Crippen molar-refractivity contribution in [1.29, 1.82) is 0 Å². The minimum atomic E-state index is -0.116. The van der Waals surface area contributed by atoms with Crippen LogP contribution in [0.5, 0.6) is 0 Å². The molecule has 0 aliphatic rings. The van der Waals surface area contributed by atoms with Crippen molar-refractivity contribution in [3.05, 3.63) is 0 Å². The molecule has 0 aromatic heterocycles. The third kappa shape index (κ3) is 7.27. The lowest BCUT2D eigenvalue weighted by atomic mass is 9.84. The molecule has 3 N–H and O–H groups in total. The molecule has 0 aromatic rings. The lowest BCUT2D eigenvalue weighted by molar-refractivity contribution is -0.135. The average Bonchev–Trinajstić information content (AvgIpc) is 2.26. The van der Waals surface area contributed by atoms with Crippen molar-refractivity contribution in [3.63, 3.8) is 0 Å². The number of carbonyl (C=O) groups excluding carboxylic acids is 2. The molecule has 0 saturated heterocycles. The van der Waals surface area contributed by atoms with Crippen LogP contribution in [0.15, 0.2) is 0 Å². The van der Waals surface area contributed by atoms with E-state index in [-0.39, 0.29) is 23.8 Å². The van der Waals surface area contributed by atoms with Gasteiger partial charge in [0.05, 0.1) is 6.54 Å². The zero-order valence-electron chi connectivity index (χ0n) is 12.1. The highest BCUT2D eigenvalue weighted by atomic mass is 16.2. The summed E-state index contributed by atoms with van der Waals surface area (Å²) in [5, 5.41) is 2.67. The first-order valence-electron chi connectivity index (χ1n) is 6.53. The van der Waals surface area contributed by atoms with Gasteiger partial charge < -0.3 is 16.0 Å². The van der Waals surface area contributed by atoms with E-state index in [0.29, 0.717) is 19.5 Å². The molecule has 0 aliphatic heterocycles. The molecule has 0 fully saturated rings. The molecule has 106 valence electrons. The summed E-state index contributed by atoms with van der Waals surface area (Å²) in [6.45, 7) is 7.42. The Bertz CT molecular complexity index is 277. The van der Waals surface area contributed by atoms with Gasteiger partial charge in [-0.25, -0.2) is 0 Å². The fourth-order valence-electron chi connectivity index (χ4n) is 1.71. The fraction of sp³-hybridized carbons (Fsp3) is 0.846. The first kappa shape index (κ1) is 16.9.